The Morgan fingerprint density at radius 2 is 0.552 bits per heavy atom. The van der Waals surface area contributed by atoms with Crippen molar-refractivity contribution in [1.82, 2.24) is 0 Å². The summed E-state index contributed by atoms with van der Waals surface area (Å²) in [6.45, 7) is 6.16. The van der Waals surface area contributed by atoms with E-state index in [0.717, 1.165) is 135 Å². The molecule has 0 aromatic carbocycles. The smallest absolute Gasteiger partial charge is 0.306 e. The van der Waals surface area contributed by atoms with Crippen molar-refractivity contribution in [2.24, 2.45) is 0 Å². The zero-order valence-corrected chi connectivity index (χ0v) is 42.3. The third kappa shape index (κ3) is 51.9. The fourth-order valence-corrected chi connectivity index (χ4v) is 6.23. The number of allylic oxidation sites excluding steroid dienone is 26. The van der Waals surface area contributed by atoms with Crippen LogP contribution in [0.15, 0.2) is 158 Å². The van der Waals surface area contributed by atoms with Crippen molar-refractivity contribution in [2.45, 2.75) is 194 Å². The highest BCUT2D eigenvalue weighted by atomic mass is 16.6. The van der Waals surface area contributed by atoms with Gasteiger partial charge in [0.2, 0.25) is 0 Å². The first-order valence-electron chi connectivity index (χ1n) is 26.0. The van der Waals surface area contributed by atoms with Crippen LogP contribution in [0.1, 0.15) is 188 Å². The Labute approximate surface area is 409 Å². The summed E-state index contributed by atoms with van der Waals surface area (Å²) in [5.74, 6) is -1.08. The van der Waals surface area contributed by atoms with Crippen molar-refractivity contribution >= 4 is 17.9 Å². The molecule has 0 heterocycles. The zero-order valence-electron chi connectivity index (χ0n) is 42.3. The van der Waals surface area contributed by atoms with Crippen molar-refractivity contribution in [1.29, 1.82) is 0 Å². The molecule has 0 aliphatic carbocycles. The van der Waals surface area contributed by atoms with Gasteiger partial charge in [-0.2, -0.15) is 0 Å². The zero-order chi connectivity index (χ0) is 48.6. The Morgan fingerprint density at radius 3 is 0.896 bits per heavy atom. The van der Waals surface area contributed by atoms with Gasteiger partial charge in [-0.05, 0) is 128 Å². The second-order valence-electron chi connectivity index (χ2n) is 16.3. The fraction of sp³-hybridized carbons (Fsp3) is 0.525. The number of carbonyl (C=O) groups is 3. The molecule has 0 amide bonds. The van der Waals surface area contributed by atoms with Crippen molar-refractivity contribution in [3.05, 3.63) is 158 Å². The lowest BCUT2D eigenvalue weighted by Gasteiger charge is -2.18. The molecule has 0 unspecified atom stereocenters. The molecule has 0 aromatic rings. The first-order valence-corrected chi connectivity index (χ1v) is 26.0. The summed E-state index contributed by atoms with van der Waals surface area (Å²) in [6.07, 6.45) is 78.1. The molecule has 1 atom stereocenters. The van der Waals surface area contributed by atoms with Gasteiger partial charge >= 0.3 is 17.9 Å². The van der Waals surface area contributed by atoms with Crippen LogP contribution in [0.3, 0.4) is 0 Å². The average molecular weight is 921 g/mol. The number of hydrogen-bond acceptors (Lipinski definition) is 6. The van der Waals surface area contributed by atoms with Crippen molar-refractivity contribution in [2.75, 3.05) is 13.2 Å². The van der Waals surface area contributed by atoms with Crippen LogP contribution in [0.25, 0.3) is 0 Å². The summed E-state index contributed by atoms with van der Waals surface area (Å²) in [5, 5.41) is 0. The normalized spacial score (nSPS) is 13.4. The maximum absolute atomic E-state index is 12.8. The van der Waals surface area contributed by atoms with Crippen LogP contribution in [0.4, 0.5) is 0 Å². The van der Waals surface area contributed by atoms with E-state index in [0.29, 0.717) is 19.3 Å². The highest BCUT2D eigenvalue weighted by Crippen LogP contribution is 2.11. The SMILES string of the molecule is CC/C=C/C/C=C/C/C=C/C/C=C/C/C=C/CCCC(=O)OC[C@@H](COC(=O)CCCCCCC/C=C/C/C=C/C/C=C/CC)OC(=O)CCC/C=C/C/C=C/C/C=C/C/C=C/C/C=C/CC. The summed E-state index contributed by atoms with van der Waals surface area (Å²) in [7, 11) is 0. The maximum Gasteiger partial charge on any atom is 0.306 e. The molecule has 0 radical (unpaired) electrons. The molecular weight excluding hydrogens is 829 g/mol. The van der Waals surface area contributed by atoms with Gasteiger partial charge in [0.25, 0.3) is 0 Å². The molecule has 6 nitrogen and oxygen atoms in total. The Bertz CT molecular complexity index is 1570. The minimum absolute atomic E-state index is 0.135. The van der Waals surface area contributed by atoms with Crippen LogP contribution in [0.2, 0.25) is 0 Å². The van der Waals surface area contributed by atoms with Crippen LogP contribution in [0.5, 0.6) is 0 Å². The Hall–Kier alpha value is -4.97. The molecule has 67 heavy (non-hydrogen) atoms. The second-order valence-corrected chi connectivity index (χ2v) is 16.3. The molecule has 372 valence electrons. The Balaban J connectivity index is 4.64. The van der Waals surface area contributed by atoms with E-state index >= 15 is 0 Å². The first kappa shape index (κ1) is 62.0. The number of unbranched alkanes of at least 4 members (excludes halogenated alkanes) is 7. The van der Waals surface area contributed by atoms with Crippen LogP contribution in [0, 0.1) is 0 Å². The number of esters is 3. The highest BCUT2D eigenvalue weighted by Gasteiger charge is 2.19. The average Bonchev–Trinajstić information content (AvgIpc) is 3.33. The van der Waals surface area contributed by atoms with E-state index in [1.807, 2.05) is 0 Å². The summed E-state index contributed by atoms with van der Waals surface area (Å²) >= 11 is 0. The van der Waals surface area contributed by atoms with Crippen LogP contribution >= 0.6 is 0 Å². The monoisotopic (exact) mass is 921 g/mol. The Kier molecular flexibility index (Phi) is 49.7. The molecule has 0 spiro atoms. The van der Waals surface area contributed by atoms with E-state index in [9.17, 15) is 14.4 Å². The number of carbonyl (C=O) groups excluding carboxylic acids is 3. The van der Waals surface area contributed by atoms with E-state index in [1.165, 1.54) is 0 Å². The number of hydrogen-bond donors (Lipinski definition) is 0. The van der Waals surface area contributed by atoms with E-state index in [1.54, 1.807) is 0 Å². The van der Waals surface area contributed by atoms with Gasteiger partial charge in [-0.1, -0.05) is 198 Å². The van der Waals surface area contributed by atoms with Crippen molar-refractivity contribution in [3.63, 3.8) is 0 Å². The molecule has 0 saturated carbocycles. The molecule has 0 saturated heterocycles. The van der Waals surface area contributed by atoms with Gasteiger partial charge in [0.1, 0.15) is 13.2 Å². The van der Waals surface area contributed by atoms with E-state index in [-0.39, 0.29) is 38.0 Å². The topological polar surface area (TPSA) is 78.9 Å². The Morgan fingerprint density at radius 1 is 0.299 bits per heavy atom. The minimum Gasteiger partial charge on any atom is -0.462 e. The number of rotatable bonds is 44. The summed E-state index contributed by atoms with van der Waals surface area (Å²) in [4.78, 5) is 38.0. The second kappa shape index (κ2) is 53.6. The highest BCUT2D eigenvalue weighted by molar-refractivity contribution is 5.71. The third-order valence-electron chi connectivity index (χ3n) is 10.0. The lowest BCUT2D eigenvalue weighted by atomic mass is 10.1. The van der Waals surface area contributed by atoms with Gasteiger partial charge in [-0.25, -0.2) is 0 Å². The predicted molar refractivity (Wildman–Crippen MR) is 288 cm³/mol. The third-order valence-corrected chi connectivity index (χ3v) is 10.0. The summed E-state index contributed by atoms with van der Waals surface area (Å²) < 4.78 is 16.7. The lowest BCUT2D eigenvalue weighted by molar-refractivity contribution is -0.167. The summed E-state index contributed by atoms with van der Waals surface area (Å²) in [5.41, 5.74) is 0. The van der Waals surface area contributed by atoms with Crippen molar-refractivity contribution < 1.29 is 28.6 Å². The van der Waals surface area contributed by atoms with Gasteiger partial charge in [0.05, 0.1) is 0 Å². The van der Waals surface area contributed by atoms with Gasteiger partial charge in [0, 0.05) is 19.3 Å². The number of ether oxygens (including phenoxy) is 3. The first-order chi connectivity index (χ1) is 33.0. The molecule has 0 rings (SSSR count). The van der Waals surface area contributed by atoms with Gasteiger partial charge in [0.15, 0.2) is 6.10 Å². The van der Waals surface area contributed by atoms with E-state index in [4.69, 9.17) is 14.2 Å². The maximum atomic E-state index is 12.8. The molecule has 0 N–H and O–H groups in total. The molecule has 0 aromatic heterocycles. The van der Waals surface area contributed by atoms with Gasteiger partial charge < -0.3 is 14.2 Å². The molecule has 0 aliphatic heterocycles. The standard InChI is InChI=1S/C61H92O6/c1-4-7-10-13-16-19-22-25-28-30-33-36-39-42-45-48-51-54-60(63)66-57-58(56-65-59(62)53-50-47-44-41-38-35-32-27-24-21-18-15-12-9-6-3)67-61(64)55-52-49-46-43-40-37-34-31-29-26-23-20-17-14-11-8-5-2/h7-12,16-21,25-29,32-34,36-37,42-43,45-46,58H,4-6,13-15,22-24,30-31,35,38-41,44,47-57H2,1-3H3/b10-7+,11-8+,12-9+,19-16+,20-17+,21-18+,28-25+,29-26+,32-27+,36-33+,37-34+,45-42+,46-43+/t58-/m1/s1. The predicted octanol–water partition coefficient (Wildman–Crippen LogP) is 17.4. The quantitative estimate of drug-likeness (QED) is 0.0262. The summed E-state index contributed by atoms with van der Waals surface area (Å²) in [6, 6.07) is 0. The molecule has 0 fully saturated rings. The molecule has 0 aliphatic rings. The van der Waals surface area contributed by atoms with E-state index < -0.39 is 12.1 Å². The molecule has 0 bridgehead atoms. The van der Waals surface area contributed by atoms with E-state index in [2.05, 4.69) is 179 Å². The van der Waals surface area contributed by atoms with Crippen LogP contribution in [-0.2, 0) is 28.6 Å². The van der Waals surface area contributed by atoms with Gasteiger partial charge in [-0.3, -0.25) is 14.4 Å². The molecule has 6 heteroatoms. The lowest BCUT2D eigenvalue weighted by Crippen LogP contribution is -2.30. The minimum atomic E-state index is -0.846. The van der Waals surface area contributed by atoms with Crippen LogP contribution < -0.4 is 0 Å². The molecular formula is C61H92O6. The van der Waals surface area contributed by atoms with Crippen molar-refractivity contribution in [3.8, 4) is 0 Å². The largest absolute Gasteiger partial charge is 0.462 e. The van der Waals surface area contributed by atoms with Gasteiger partial charge in [-0.15, -0.1) is 0 Å². The van der Waals surface area contributed by atoms with Crippen LogP contribution in [-0.4, -0.2) is 37.2 Å². The fourth-order valence-electron chi connectivity index (χ4n) is 6.23.